The van der Waals surface area contributed by atoms with Crippen LogP contribution in [0.25, 0.3) is 5.57 Å². The van der Waals surface area contributed by atoms with E-state index in [9.17, 15) is 0 Å². The highest BCUT2D eigenvalue weighted by atomic mass is 32.1. The molecule has 0 unspecified atom stereocenters. The maximum Gasteiger partial charge on any atom is 0.0919 e. The Hall–Kier alpha value is -1.37. The molecule has 0 aliphatic carbocycles. The van der Waals surface area contributed by atoms with E-state index in [4.69, 9.17) is 5.26 Å². The molecule has 0 amide bonds. The number of allylic oxidation sites excluding steroid dienone is 1. The third-order valence-corrected chi connectivity index (χ3v) is 3.59. The predicted octanol–water partition coefficient (Wildman–Crippen LogP) is 3.76. The molecule has 0 bridgehead atoms. The van der Waals surface area contributed by atoms with Crippen LogP contribution >= 0.6 is 22.7 Å². The normalized spacial score (nSPS) is 9.36. The van der Waals surface area contributed by atoms with Gasteiger partial charge in [0.2, 0.25) is 0 Å². The summed E-state index contributed by atoms with van der Waals surface area (Å²) >= 11 is 3.31. The Morgan fingerprint density at radius 1 is 1.14 bits per heavy atom. The molecule has 2 heterocycles. The zero-order valence-corrected chi connectivity index (χ0v) is 8.94. The standard InChI is InChI=1S/C11H7NS2/c12-6-5-9(10-3-1-7-13-10)11-4-2-8-14-11/h1-5,7-8H. The summed E-state index contributed by atoms with van der Waals surface area (Å²) in [4.78, 5) is 2.29. The van der Waals surface area contributed by atoms with Gasteiger partial charge in [0, 0.05) is 21.4 Å². The van der Waals surface area contributed by atoms with Crippen molar-refractivity contribution in [3.8, 4) is 6.07 Å². The third kappa shape index (κ3) is 1.77. The van der Waals surface area contributed by atoms with E-state index < -0.39 is 0 Å². The Morgan fingerprint density at radius 2 is 1.71 bits per heavy atom. The fourth-order valence-electron chi connectivity index (χ4n) is 1.19. The van der Waals surface area contributed by atoms with E-state index in [1.165, 1.54) is 0 Å². The van der Waals surface area contributed by atoms with Crippen molar-refractivity contribution in [2.75, 3.05) is 0 Å². The lowest BCUT2D eigenvalue weighted by molar-refractivity contribution is 1.53. The first-order valence-electron chi connectivity index (χ1n) is 4.09. The summed E-state index contributed by atoms with van der Waals surface area (Å²) in [6.07, 6.45) is 1.61. The third-order valence-electron chi connectivity index (χ3n) is 1.78. The Labute approximate surface area is 90.6 Å². The average Bonchev–Trinajstić information content (AvgIpc) is 2.87. The first kappa shape index (κ1) is 9.20. The molecule has 2 rings (SSSR count). The predicted molar refractivity (Wildman–Crippen MR) is 61.3 cm³/mol. The van der Waals surface area contributed by atoms with Crippen LogP contribution in [0.15, 0.2) is 41.1 Å². The molecule has 1 nitrogen and oxygen atoms in total. The molecule has 0 fully saturated rings. The molecule has 0 spiro atoms. The van der Waals surface area contributed by atoms with E-state index in [-0.39, 0.29) is 0 Å². The van der Waals surface area contributed by atoms with Gasteiger partial charge < -0.3 is 0 Å². The van der Waals surface area contributed by atoms with E-state index >= 15 is 0 Å². The molecule has 0 atom stereocenters. The van der Waals surface area contributed by atoms with Crippen LogP contribution in [0.3, 0.4) is 0 Å². The fraction of sp³-hybridized carbons (Fsp3) is 0. The van der Waals surface area contributed by atoms with Crippen molar-refractivity contribution in [2.45, 2.75) is 0 Å². The summed E-state index contributed by atoms with van der Waals surface area (Å²) in [5.74, 6) is 0. The van der Waals surface area contributed by atoms with Crippen molar-refractivity contribution in [2.24, 2.45) is 0 Å². The van der Waals surface area contributed by atoms with E-state index in [0.29, 0.717) is 0 Å². The lowest BCUT2D eigenvalue weighted by atomic mass is 10.2. The zero-order valence-electron chi connectivity index (χ0n) is 7.31. The number of hydrogen-bond donors (Lipinski definition) is 0. The Morgan fingerprint density at radius 3 is 2.07 bits per heavy atom. The van der Waals surface area contributed by atoms with Crippen LogP contribution in [0.4, 0.5) is 0 Å². The van der Waals surface area contributed by atoms with Crippen LogP contribution in [0, 0.1) is 11.3 Å². The summed E-state index contributed by atoms with van der Waals surface area (Å²) in [6.45, 7) is 0. The van der Waals surface area contributed by atoms with Crippen LogP contribution < -0.4 is 0 Å². The molecule has 0 aliphatic heterocycles. The summed E-state index contributed by atoms with van der Waals surface area (Å²) in [6, 6.07) is 10.2. The fourth-order valence-corrected chi connectivity index (χ4v) is 2.77. The second kappa shape index (κ2) is 4.23. The van der Waals surface area contributed by atoms with Crippen molar-refractivity contribution in [1.29, 1.82) is 5.26 Å². The Kier molecular flexibility index (Phi) is 2.78. The van der Waals surface area contributed by atoms with Gasteiger partial charge in [-0.2, -0.15) is 5.26 Å². The molecule has 2 aromatic rings. The quantitative estimate of drug-likeness (QED) is 0.702. The van der Waals surface area contributed by atoms with E-state index in [1.807, 2.05) is 35.0 Å². The van der Waals surface area contributed by atoms with E-state index in [2.05, 4.69) is 6.07 Å². The molecule has 2 aromatic heterocycles. The van der Waals surface area contributed by atoms with E-state index in [1.54, 1.807) is 28.7 Å². The van der Waals surface area contributed by atoms with Crippen LogP contribution in [0.1, 0.15) is 9.75 Å². The second-order valence-corrected chi connectivity index (χ2v) is 4.54. The van der Waals surface area contributed by atoms with Crippen LogP contribution in [0.2, 0.25) is 0 Å². The molecule has 0 aliphatic rings. The summed E-state index contributed by atoms with van der Waals surface area (Å²) in [5, 5.41) is 12.8. The van der Waals surface area contributed by atoms with Crippen LogP contribution in [-0.2, 0) is 0 Å². The van der Waals surface area contributed by atoms with Crippen molar-refractivity contribution in [3.63, 3.8) is 0 Å². The molecule has 68 valence electrons. The smallest absolute Gasteiger partial charge is 0.0919 e. The van der Waals surface area contributed by atoms with Gasteiger partial charge in [-0.25, -0.2) is 0 Å². The molecule has 0 saturated carbocycles. The molecule has 14 heavy (non-hydrogen) atoms. The van der Waals surface area contributed by atoms with Crippen molar-refractivity contribution >= 4 is 28.2 Å². The highest BCUT2D eigenvalue weighted by Crippen LogP contribution is 2.29. The molecular formula is C11H7NS2. The number of rotatable bonds is 2. The summed E-state index contributed by atoms with van der Waals surface area (Å²) < 4.78 is 0. The van der Waals surface area contributed by atoms with Crippen molar-refractivity contribution in [3.05, 3.63) is 50.9 Å². The van der Waals surface area contributed by atoms with Gasteiger partial charge in [-0.3, -0.25) is 0 Å². The molecule has 0 N–H and O–H groups in total. The second-order valence-electron chi connectivity index (χ2n) is 2.64. The van der Waals surface area contributed by atoms with Gasteiger partial charge in [0.15, 0.2) is 0 Å². The molecule has 0 aromatic carbocycles. The number of hydrogen-bond acceptors (Lipinski definition) is 3. The van der Waals surface area contributed by atoms with Gasteiger partial charge >= 0.3 is 0 Å². The maximum absolute atomic E-state index is 8.72. The van der Waals surface area contributed by atoms with Crippen LogP contribution in [-0.4, -0.2) is 0 Å². The minimum Gasteiger partial charge on any atom is -0.193 e. The van der Waals surface area contributed by atoms with Gasteiger partial charge in [0.05, 0.1) is 6.07 Å². The summed E-state index contributed by atoms with van der Waals surface area (Å²) in [7, 11) is 0. The van der Waals surface area contributed by atoms with Gasteiger partial charge in [0.1, 0.15) is 0 Å². The lowest BCUT2D eigenvalue weighted by Gasteiger charge is -1.98. The SMILES string of the molecule is N#CC=C(c1cccs1)c1cccs1. The van der Waals surface area contributed by atoms with E-state index in [0.717, 1.165) is 15.3 Å². The van der Waals surface area contributed by atoms with Crippen molar-refractivity contribution in [1.82, 2.24) is 0 Å². The first-order chi connectivity index (χ1) is 6.92. The Bertz CT molecular complexity index is 422. The summed E-state index contributed by atoms with van der Waals surface area (Å²) in [5.41, 5.74) is 1.03. The molecule has 0 radical (unpaired) electrons. The molecule has 3 heteroatoms. The van der Waals surface area contributed by atoms with Gasteiger partial charge in [-0.05, 0) is 22.9 Å². The van der Waals surface area contributed by atoms with Gasteiger partial charge in [0.25, 0.3) is 0 Å². The average molecular weight is 217 g/mol. The number of nitriles is 1. The Balaban J connectivity index is 2.47. The van der Waals surface area contributed by atoms with Crippen molar-refractivity contribution < 1.29 is 0 Å². The maximum atomic E-state index is 8.72. The van der Waals surface area contributed by atoms with Crippen LogP contribution in [0.5, 0.6) is 0 Å². The largest absolute Gasteiger partial charge is 0.193 e. The lowest BCUT2D eigenvalue weighted by Crippen LogP contribution is -1.78. The minimum absolute atomic E-state index is 1.03. The monoisotopic (exact) mass is 217 g/mol. The number of nitrogens with zero attached hydrogens (tertiary/aromatic N) is 1. The molecule has 0 saturated heterocycles. The highest BCUT2D eigenvalue weighted by molar-refractivity contribution is 7.13. The van der Waals surface area contributed by atoms with Gasteiger partial charge in [-0.15, -0.1) is 22.7 Å². The topological polar surface area (TPSA) is 23.8 Å². The first-order valence-corrected chi connectivity index (χ1v) is 5.85. The van der Waals surface area contributed by atoms with Gasteiger partial charge in [-0.1, -0.05) is 12.1 Å². The molecular weight excluding hydrogens is 210 g/mol. The number of thiophene rings is 2. The highest BCUT2D eigenvalue weighted by Gasteiger charge is 2.06. The minimum atomic E-state index is 1.03. The zero-order chi connectivity index (χ0) is 9.80.